The molecular formula is C37H25N9O23S6. The van der Waals surface area contributed by atoms with Crippen molar-refractivity contribution in [3.8, 4) is 6.01 Å². The van der Waals surface area contributed by atoms with Gasteiger partial charge in [-0.25, -0.2) is 9.59 Å². The van der Waals surface area contributed by atoms with Gasteiger partial charge in [-0.2, -0.15) is 85.9 Å². The van der Waals surface area contributed by atoms with Gasteiger partial charge in [0.25, 0.3) is 60.7 Å². The minimum absolute atomic E-state index is 0.291. The third kappa shape index (κ3) is 12.3. The first-order chi connectivity index (χ1) is 34.5. The Balaban J connectivity index is 1.18. The van der Waals surface area contributed by atoms with Crippen LogP contribution in [0.3, 0.4) is 0 Å². The van der Waals surface area contributed by atoms with Crippen molar-refractivity contribution in [3.05, 3.63) is 96.1 Å². The van der Waals surface area contributed by atoms with Gasteiger partial charge in [0.05, 0.1) is 55.0 Å². The third-order valence-electron chi connectivity index (χ3n) is 9.76. The number of carboxylic acids is 2. The molecule has 0 atom stereocenters. The number of aromatic nitrogens is 3. The predicted molar refractivity (Wildman–Crippen MR) is 250 cm³/mol. The van der Waals surface area contributed by atoms with Gasteiger partial charge < -0.3 is 26.0 Å². The number of carbonyl (C=O) groups is 2. The summed E-state index contributed by atoms with van der Waals surface area (Å²) in [6, 6.07) is 9.42. The largest absolute Gasteiger partial charge is 0.479 e. The number of hydrogen-bond acceptors (Lipinski definition) is 24. The number of fused-ring (bicyclic) bond motifs is 2. The molecule has 0 bridgehead atoms. The molecule has 0 aliphatic carbocycles. The SMILES string of the molecule is O=C(O)c1cc(/N=N/c2cc(S(=O)(=O)O)c3cc(S(=O)(=O)O)cc(S(=O)(=O)O)c3c2)ccc1Nc1nc(O)nc(Nc2ccc(/N=N/c3cc(S(=O)(=O)O)c4cc(S(=O)(=O)O)cc(S(=O)(=O)O)c4c3)cc2C(=O)O)n1. The molecule has 38 heteroatoms. The minimum atomic E-state index is -5.37. The molecule has 0 amide bonds. The van der Waals surface area contributed by atoms with Gasteiger partial charge in [0.15, 0.2) is 0 Å². The summed E-state index contributed by atoms with van der Waals surface area (Å²) in [4.78, 5) is 28.9. The molecule has 0 saturated carbocycles. The second kappa shape index (κ2) is 19.3. The van der Waals surface area contributed by atoms with E-state index in [9.17, 15) is 103 Å². The van der Waals surface area contributed by atoms with Crippen LogP contribution in [0.2, 0.25) is 0 Å². The van der Waals surface area contributed by atoms with Crippen LogP contribution in [0.4, 0.5) is 46.0 Å². The number of hydrogen-bond donors (Lipinski definition) is 11. The van der Waals surface area contributed by atoms with Gasteiger partial charge in [0.1, 0.15) is 19.6 Å². The molecule has 1 aromatic heterocycles. The maximum atomic E-state index is 12.4. The number of aromatic hydroxyl groups is 1. The van der Waals surface area contributed by atoms with Crippen LogP contribution in [0.15, 0.2) is 135 Å². The maximum Gasteiger partial charge on any atom is 0.337 e. The quantitative estimate of drug-likeness (QED) is 0.0444. The fraction of sp³-hybridized carbons (Fsp3) is 0. The van der Waals surface area contributed by atoms with Gasteiger partial charge in [-0.3, -0.25) is 27.3 Å². The van der Waals surface area contributed by atoms with Crippen molar-refractivity contribution in [2.75, 3.05) is 10.6 Å². The number of benzene rings is 6. The fourth-order valence-corrected chi connectivity index (χ4v) is 10.8. The number of azo groups is 2. The molecule has 11 N–H and O–H groups in total. The monoisotopic (exact) mass is 1150 g/mol. The maximum absolute atomic E-state index is 12.4. The standard InChI is InChI=1S/C37H25N9O23S6/c47-33(48)25-5-15(43-45-17-7-21-23(29(9-17)72(58,59)60)11-19(70(52,53)54)13-31(21)74(64,65)66)1-3-27(25)38-35-40-36(42-37(51)41-35)39-28-4-2-16(6-26(28)34(49)50)44-46-18-8-22-24(30(10-18)73(61,62)63)12-20(71(55,56)57)14-32(22)75(67,68)69/h1-14H,(H,47,48)(H,49,50)(H,52,53,54)(H,55,56,57)(H,58,59,60)(H,61,62,63)(H,64,65,66)(H,67,68,69)(H3,38,39,40,41,42,51)/b45-43+,46-44+. The van der Waals surface area contributed by atoms with Gasteiger partial charge >= 0.3 is 17.9 Å². The molecule has 0 aliphatic rings. The highest BCUT2D eigenvalue weighted by atomic mass is 32.2. The molecule has 1 heterocycles. The number of anilines is 4. The van der Waals surface area contributed by atoms with Crippen molar-refractivity contribution in [3.63, 3.8) is 0 Å². The Kier molecular flexibility index (Phi) is 14.0. The van der Waals surface area contributed by atoms with Gasteiger partial charge in [0.2, 0.25) is 11.9 Å². The summed E-state index contributed by atoms with van der Waals surface area (Å²) in [6.07, 6.45) is 0. The summed E-state index contributed by atoms with van der Waals surface area (Å²) >= 11 is 0. The molecule has 392 valence electrons. The molecule has 0 saturated heterocycles. The predicted octanol–water partition coefficient (Wildman–Crippen LogP) is 5.08. The molecule has 0 unspecified atom stereocenters. The second-order valence-corrected chi connectivity index (χ2v) is 23.2. The zero-order chi connectivity index (χ0) is 55.5. The van der Waals surface area contributed by atoms with E-state index in [-0.39, 0.29) is 22.7 Å². The van der Waals surface area contributed by atoms with Crippen molar-refractivity contribution in [1.82, 2.24) is 15.0 Å². The topological polar surface area (TPSA) is 533 Å². The van der Waals surface area contributed by atoms with Gasteiger partial charge in [0, 0.05) is 21.5 Å². The summed E-state index contributed by atoms with van der Waals surface area (Å²) in [7, 11) is -31.9. The van der Waals surface area contributed by atoms with E-state index < -0.39 is 164 Å². The highest BCUT2D eigenvalue weighted by molar-refractivity contribution is 7.88. The molecule has 32 nitrogen and oxygen atoms in total. The van der Waals surface area contributed by atoms with Gasteiger partial charge in [-0.05, 0) is 84.9 Å². The molecule has 7 rings (SSSR count). The lowest BCUT2D eigenvalue weighted by molar-refractivity contribution is 0.0687. The summed E-state index contributed by atoms with van der Waals surface area (Å²) < 4.78 is 204. The van der Waals surface area contributed by atoms with Crippen LogP contribution in [0.1, 0.15) is 20.7 Å². The number of aromatic carboxylic acids is 2. The van der Waals surface area contributed by atoms with Gasteiger partial charge in [-0.15, -0.1) is 0 Å². The summed E-state index contributed by atoms with van der Waals surface area (Å²) in [5, 5.41) is 47.4. The minimum Gasteiger partial charge on any atom is -0.479 e. The average molecular weight is 1160 g/mol. The van der Waals surface area contributed by atoms with E-state index in [0.29, 0.717) is 36.4 Å². The van der Waals surface area contributed by atoms with Crippen LogP contribution in [0.5, 0.6) is 6.01 Å². The number of nitrogens with zero attached hydrogens (tertiary/aromatic N) is 7. The highest BCUT2D eigenvalue weighted by Crippen LogP contribution is 2.39. The Morgan fingerprint density at radius 3 is 1.00 bits per heavy atom. The van der Waals surface area contributed by atoms with Crippen LogP contribution < -0.4 is 10.6 Å². The van der Waals surface area contributed by atoms with Crippen molar-refractivity contribution in [2.24, 2.45) is 20.5 Å². The van der Waals surface area contributed by atoms with E-state index in [1.807, 2.05) is 0 Å². The van der Waals surface area contributed by atoms with Crippen LogP contribution >= 0.6 is 0 Å². The van der Waals surface area contributed by atoms with Crippen LogP contribution in [-0.2, 0) is 60.7 Å². The normalized spacial score (nSPS) is 12.9. The van der Waals surface area contributed by atoms with E-state index in [0.717, 1.165) is 48.5 Å². The number of nitrogens with one attached hydrogen (secondary N) is 2. The highest BCUT2D eigenvalue weighted by Gasteiger charge is 2.28. The Hall–Kier alpha value is -8.15. The number of carboxylic acid groups (broad SMARTS) is 2. The Morgan fingerprint density at radius 2 is 0.693 bits per heavy atom. The van der Waals surface area contributed by atoms with Crippen molar-refractivity contribution >= 4 is 140 Å². The summed E-state index contributed by atoms with van der Waals surface area (Å²) in [5.41, 5.74) is -3.55. The van der Waals surface area contributed by atoms with E-state index in [2.05, 4.69) is 46.0 Å². The molecule has 0 radical (unpaired) electrons. The zero-order valence-corrected chi connectivity index (χ0v) is 40.8. The van der Waals surface area contributed by atoms with Crippen LogP contribution in [-0.4, -0.2) is 120 Å². The van der Waals surface area contributed by atoms with E-state index >= 15 is 0 Å². The van der Waals surface area contributed by atoms with Crippen molar-refractivity contribution < 1.29 is 103 Å². The van der Waals surface area contributed by atoms with Gasteiger partial charge in [-0.1, -0.05) is 0 Å². The Labute approximate surface area is 418 Å². The molecule has 0 aliphatic heterocycles. The first-order valence-electron chi connectivity index (χ1n) is 19.1. The average Bonchev–Trinajstić information content (AvgIpc) is 3.27. The lowest BCUT2D eigenvalue weighted by Crippen LogP contribution is -2.08. The molecule has 7 aromatic rings. The van der Waals surface area contributed by atoms with Crippen LogP contribution in [0.25, 0.3) is 21.5 Å². The third-order valence-corrected chi connectivity index (χ3v) is 15.0. The van der Waals surface area contributed by atoms with Crippen molar-refractivity contribution in [1.29, 1.82) is 0 Å². The fourth-order valence-electron chi connectivity index (χ4n) is 6.69. The van der Waals surface area contributed by atoms with Crippen molar-refractivity contribution in [2.45, 2.75) is 29.4 Å². The van der Waals surface area contributed by atoms with Crippen LogP contribution in [0, 0.1) is 0 Å². The molecule has 0 spiro atoms. The zero-order valence-electron chi connectivity index (χ0n) is 35.9. The molecule has 75 heavy (non-hydrogen) atoms. The Morgan fingerprint density at radius 1 is 0.387 bits per heavy atom. The number of rotatable bonds is 16. The van der Waals surface area contributed by atoms with E-state index in [1.54, 1.807) is 0 Å². The lowest BCUT2D eigenvalue weighted by Gasteiger charge is -2.12. The lowest BCUT2D eigenvalue weighted by atomic mass is 10.1. The Bertz CT molecular complexity index is 4170. The summed E-state index contributed by atoms with van der Waals surface area (Å²) in [5.74, 6) is -4.43. The molecular weight excluding hydrogens is 1130 g/mol. The second-order valence-electron chi connectivity index (χ2n) is 14.8. The smallest absolute Gasteiger partial charge is 0.337 e. The van der Waals surface area contributed by atoms with E-state index in [4.69, 9.17) is 0 Å². The molecule has 0 fully saturated rings. The first kappa shape index (κ1) is 54.6. The summed E-state index contributed by atoms with van der Waals surface area (Å²) in [6.45, 7) is 0. The first-order valence-corrected chi connectivity index (χ1v) is 27.8. The molecule has 6 aromatic carbocycles. The van der Waals surface area contributed by atoms with E-state index in [1.165, 1.54) is 0 Å².